The van der Waals surface area contributed by atoms with E-state index in [2.05, 4.69) is 22.1 Å². The number of ether oxygens (including phenoxy) is 1. The van der Waals surface area contributed by atoms with Gasteiger partial charge in [-0.1, -0.05) is 64.2 Å². The molecule has 0 aliphatic heterocycles. The Bertz CT molecular complexity index is 1140. The summed E-state index contributed by atoms with van der Waals surface area (Å²) in [6, 6.07) is 9.83. The van der Waals surface area contributed by atoms with Crippen molar-refractivity contribution >= 4 is 69.8 Å². The van der Waals surface area contributed by atoms with Crippen LogP contribution in [0.25, 0.3) is 0 Å². The molecular formula is C21H18Cl4N4O2S. The normalized spacial score (nSPS) is 11.8. The summed E-state index contributed by atoms with van der Waals surface area (Å²) in [5, 5.41) is 13.5. The Kier molecular flexibility index (Phi) is 8.73. The molecule has 1 aromatic heterocycles. The number of hydrogen-bond acceptors (Lipinski definition) is 5. The van der Waals surface area contributed by atoms with Gasteiger partial charge in [0.1, 0.15) is 5.75 Å². The van der Waals surface area contributed by atoms with Crippen LogP contribution >= 0.6 is 58.2 Å². The lowest BCUT2D eigenvalue weighted by Gasteiger charge is -2.16. The highest BCUT2D eigenvalue weighted by Crippen LogP contribution is 2.32. The van der Waals surface area contributed by atoms with Crippen molar-refractivity contribution in [2.24, 2.45) is 0 Å². The molecule has 0 aliphatic carbocycles. The largest absolute Gasteiger partial charge is 0.481 e. The Balaban J connectivity index is 1.70. The van der Waals surface area contributed by atoms with E-state index in [4.69, 9.17) is 51.1 Å². The summed E-state index contributed by atoms with van der Waals surface area (Å²) in [5.74, 6) is 0.852. The number of carbonyl (C=O) groups is 1. The average Bonchev–Trinajstić information content (AvgIpc) is 3.14. The van der Waals surface area contributed by atoms with Crippen LogP contribution in [0.5, 0.6) is 5.75 Å². The first-order chi connectivity index (χ1) is 15.3. The first-order valence-corrected chi connectivity index (χ1v) is 11.8. The fraction of sp³-hybridized carbons (Fsp3) is 0.190. The molecule has 11 heteroatoms. The van der Waals surface area contributed by atoms with E-state index in [9.17, 15) is 4.79 Å². The number of amides is 1. The van der Waals surface area contributed by atoms with Crippen LogP contribution in [0, 0.1) is 0 Å². The van der Waals surface area contributed by atoms with E-state index in [0.29, 0.717) is 49.1 Å². The van der Waals surface area contributed by atoms with Gasteiger partial charge in [0.2, 0.25) is 5.91 Å². The molecule has 32 heavy (non-hydrogen) atoms. The highest BCUT2D eigenvalue weighted by Gasteiger charge is 2.21. The van der Waals surface area contributed by atoms with Gasteiger partial charge in [0.05, 0.1) is 21.5 Å². The van der Waals surface area contributed by atoms with Crippen LogP contribution in [0.3, 0.4) is 0 Å². The molecule has 0 aliphatic rings. The number of carbonyl (C=O) groups excluding carboxylic acids is 1. The number of allylic oxidation sites excluding steroid dienone is 1. The number of nitrogens with zero attached hydrogens (tertiary/aromatic N) is 3. The minimum Gasteiger partial charge on any atom is -0.481 e. The van der Waals surface area contributed by atoms with Crippen molar-refractivity contribution in [2.45, 2.75) is 24.7 Å². The predicted molar refractivity (Wildman–Crippen MR) is 132 cm³/mol. The van der Waals surface area contributed by atoms with Crippen molar-refractivity contribution in [3.63, 3.8) is 0 Å². The molecule has 6 nitrogen and oxygen atoms in total. The molecule has 1 heterocycles. The smallest absolute Gasteiger partial charge is 0.234 e. The summed E-state index contributed by atoms with van der Waals surface area (Å²) >= 11 is 25.5. The van der Waals surface area contributed by atoms with Crippen LogP contribution in [0.1, 0.15) is 18.9 Å². The molecule has 2 aromatic carbocycles. The van der Waals surface area contributed by atoms with Crippen molar-refractivity contribution in [1.82, 2.24) is 14.8 Å². The van der Waals surface area contributed by atoms with Gasteiger partial charge in [-0.2, -0.15) is 0 Å². The zero-order valence-corrected chi connectivity index (χ0v) is 20.7. The van der Waals surface area contributed by atoms with Crippen molar-refractivity contribution in [1.29, 1.82) is 0 Å². The van der Waals surface area contributed by atoms with E-state index >= 15 is 0 Å². The molecule has 3 rings (SSSR count). The Hall–Kier alpha value is -1.90. The molecule has 1 N–H and O–H groups in total. The third-order valence-corrected chi connectivity index (χ3v) is 6.22. The van der Waals surface area contributed by atoms with Gasteiger partial charge >= 0.3 is 0 Å². The molecule has 0 bridgehead atoms. The van der Waals surface area contributed by atoms with Gasteiger partial charge < -0.3 is 10.1 Å². The minimum absolute atomic E-state index is 0.101. The maximum absolute atomic E-state index is 12.4. The van der Waals surface area contributed by atoms with E-state index in [0.717, 1.165) is 0 Å². The molecule has 0 saturated heterocycles. The van der Waals surface area contributed by atoms with Crippen LogP contribution < -0.4 is 10.1 Å². The number of nitrogens with one attached hydrogen (secondary N) is 1. The molecular weight excluding hydrogens is 514 g/mol. The van der Waals surface area contributed by atoms with E-state index < -0.39 is 6.10 Å². The third-order valence-electron chi connectivity index (χ3n) is 4.16. The molecule has 1 unspecified atom stereocenters. The molecule has 0 fully saturated rings. The summed E-state index contributed by atoms with van der Waals surface area (Å²) in [7, 11) is 0. The minimum atomic E-state index is -0.477. The second-order valence-corrected chi connectivity index (χ2v) is 9.17. The average molecular weight is 532 g/mol. The van der Waals surface area contributed by atoms with Crippen molar-refractivity contribution in [2.75, 3.05) is 11.1 Å². The second-order valence-electron chi connectivity index (χ2n) is 6.54. The van der Waals surface area contributed by atoms with Crippen LogP contribution in [0.15, 0.2) is 54.2 Å². The maximum Gasteiger partial charge on any atom is 0.234 e. The Morgan fingerprint density at radius 3 is 2.59 bits per heavy atom. The van der Waals surface area contributed by atoms with Gasteiger partial charge in [-0.3, -0.25) is 9.36 Å². The fourth-order valence-corrected chi connectivity index (χ4v) is 4.26. The lowest BCUT2D eigenvalue weighted by molar-refractivity contribution is -0.113. The summed E-state index contributed by atoms with van der Waals surface area (Å²) in [4.78, 5) is 12.4. The number of rotatable bonds is 9. The number of hydrogen-bond donors (Lipinski definition) is 1. The molecule has 0 spiro atoms. The predicted octanol–water partition coefficient (Wildman–Crippen LogP) is 6.95. The standard InChI is InChI=1S/C21H18Cl4N4O2S/c1-3-8-29-20(12(2)31-18-10-14(23)4-6-15(18)24)27-28-21(29)32-11-19(30)26-17-7-5-13(22)9-16(17)25/h3-7,9-10,12H,1,8,11H2,2H3,(H,26,30). The topological polar surface area (TPSA) is 69.0 Å². The van der Waals surface area contributed by atoms with Gasteiger partial charge in [0.15, 0.2) is 17.1 Å². The van der Waals surface area contributed by atoms with Crippen LogP contribution in [-0.2, 0) is 11.3 Å². The van der Waals surface area contributed by atoms with E-state index in [1.807, 2.05) is 11.5 Å². The summed E-state index contributed by atoms with van der Waals surface area (Å²) in [6.07, 6.45) is 1.23. The Morgan fingerprint density at radius 1 is 1.16 bits per heavy atom. The highest BCUT2D eigenvalue weighted by atomic mass is 35.5. The van der Waals surface area contributed by atoms with Gasteiger partial charge in [-0.25, -0.2) is 0 Å². The second kappa shape index (κ2) is 11.3. The van der Waals surface area contributed by atoms with Gasteiger partial charge in [0.25, 0.3) is 0 Å². The van der Waals surface area contributed by atoms with E-state index in [1.54, 1.807) is 42.5 Å². The summed E-state index contributed by atoms with van der Waals surface area (Å²) in [5.41, 5.74) is 0.482. The fourth-order valence-electron chi connectivity index (χ4n) is 2.73. The summed E-state index contributed by atoms with van der Waals surface area (Å²) in [6.45, 7) is 6.05. The molecule has 1 atom stereocenters. The number of halogens is 4. The van der Waals surface area contributed by atoms with E-state index in [1.165, 1.54) is 11.8 Å². The maximum atomic E-state index is 12.4. The van der Waals surface area contributed by atoms with Crippen LogP contribution in [0.4, 0.5) is 5.69 Å². The monoisotopic (exact) mass is 530 g/mol. The van der Waals surface area contributed by atoms with Gasteiger partial charge in [0, 0.05) is 22.7 Å². The van der Waals surface area contributed by atoms with Gasteiger partial charge in [-0.05, 0) is 37.3 Å². The van der Waals surface area contributed by atoms with Gasteiger partial charge in [-0.15, -0.1) is 16.8 Å². The first kappa shape index (κ1) is 24.7. The molecule has 168 valence electrons. The number of anilines is 1. The van der Waals surface area contributed by atoms with Crippen molar-refractivity contribution in [3.8, 4) is 5.75 Å². The third kappa shape index (κ3) is 6.33. The van der Waals surface area contributed by atoms with Crippen LogP contribution in [0.2, 0.25) is 20.1 Å². The molecule has 1 amide bonds. The Morgan fingerprint density at radius 2 is 1.88 bits per heavy atom. The van der Waals surface area contributed by atoms with E-state index in [-0.39, 0.29) is 11.7 Å². The number of aromatic nitrogens is 3. The first-order valence-electron chi connectivity index (χ1n) is 9.32. The number of thioether (sulfide) groups is 1. The molecule has 0 saturated carbocycles. The zero-order chi connectivity index (χ0) is 23.3. The quantitative estimate of drug-likeness (QED) is 0.239. The Labute approximate surface area is 209 Å². The molecule has 3 aromatic rings. The van der Waals surface area contributed by atoms with Crippen molar-refractivity contribution < 1.29 is 9.53 Å². The summed E-state index contributed by atoms with van der Waals surface area (Å²) < 4.78 is 7.77. The highest BCUT2D eigenvalue weighted by molar-refractivity contribution is 7.99. The molecule has 0 radical (unpaired) electrons. The SMILES string of the molecule is C=CCn1c(SCC(=O)Nc2ccc(Cl)cc2Cl)nnc1C(C)Oc1cc(Cl)ccc1Cl. The lowest BCUT2D eigenvalue weighted by atomic mass is 10.3. The zero-order valence-electron chi connectivity index (χ0n) is 16.8. The van der Waals surface area contributed by atoms with Crippen molar-refractivity contribution in [3.05, 3.63) is 75.0 Å². The van der Waals surface area contributed by atoms with Crippen LogP contribution in [-0.4, -0.2) is 26.4 Å². The lowest BCUT2D eigenvalue weighted by Crippen LogP contribution is -2.16. The number of benzene rings is 2.